The molecule has 1 aromatic carbocycles. The summed E-state index contributed by atoms with van der Waals surface area (Å²) in [6.45, 7) is 0. The van der Waals surface area contributed by atoms with Crippen LogP contribution >= 0.6 is 0 Å². The Hall–Kier alpha value is -1.97. The number of hydrogen-bond donors (Lipinski definition) is 0. The van der Waals surface area contributed by atoms with Crippen molar-refractivity contribution in [2.75, 3.05) is 4.90 Å². The molecule has 1 aromatic rings. The molecule has 2 bridgehead atoms. The first kappa shape index (κ1) is 10.9. The molecule has 2 aliphatic carbocycles. The summed E-state index contributed by atoms with van der Waals surface area (Å²) in [6.07, 6.45) is 4.95. The van der Waals surface area contributed by atoms with Gasteiger partial charge in [-0.3, -0.25) is 9.59 Å². The number of amides is 2. The number of nitrogens with zero attached hydrogens (tertiary/aromatic N) is 1. The number of rotatable bonds is 1. The van der Waals surface area contributed by atoms with Crippen LogP contribution in [-0.4, -0.2) is 11.8 Å². The molecule has 3 aliphatic rings. The van der Waals surface area contributed by atoms with Gasteiger partial charge in [-0.15, -0.1) is 0 Å². The van der Waals surface area contributed by atoms with Gasteiger partial charge < -0.3 is 0 Å². The Bertz CT molecular complexity index is 594. The van der Waals surface area contributed by atoms with E-state index in [1.54, 1.807) is 12.1 Å². The van der Waals surface area contributed by atoms with Gasteiger partial charge in [-0.05, 0) is 30.4 Å². The molecule has 2 amide bonds. The van der Waals surface area contributed by atoms with E-state index in [2.05, 4.69) is 0 Å². The topological polar surface area (TPSA) is 37.4 Å². The molecule has 3 nitrogen and oxygen atoms in total. The number of anilines is 1. The van der Waals surface area contributed by atoms with Crippen molar-refractivity contribution >= 4 is 17.5 Å². The van der Waals surface area contributed by atoms with Crippen molar-refractivity contribution in [2.24, 2.45) is 23.7 Å². The quantitative estimate of drug-likeness (QED) is 0.571. The first-order chi connectivity index (χ1) is 9.18. The van der Waals surface area contributed by atoms with Gasteiger partial charge >= 0.3 is 0 Å². The number of halogens is 1. The molecule has 4 atom stereocenters. The molecule has 1 saturated carbocycles. The Morgan fingerprint density at radius 3 is 2.16 bits per heavy atom. The number of benzene rings is 1. The molecule has 1 saturated heterocycles. The van der Waals surface area contributed by atoms with Crippen LogP contribution in [0.3, 0.4) is 0 Å². The van der Waals surface area contributed by atoms with E-state index >= 15 is 0 Å². The lowest BCUT2D eigenvalue weighted by atomic mass is 9.85. The van der Waals surface area contributed by atoms with E-state index in [1.807, 2.05) is 12.2 Å². The fourth-order valence-electron chi connectivity index (χ4n) is 3.77. The third-order valence-electron chi connectivity index (χ3n) is 4.56. The van der Waals surface area contributed by atoms with E-state index in [0.717, 1.165) is 11.3 Å². The van der Waals surface area contributed by atoms with Gasteiger partial charge in [-0.1, -0.05) is 24.3 Å². The summed E-state index contributed by atoms with van der Waals surface area (Å²) >= 11 is 0. The molecule has 96 valence electrons. The van der Waals surface area contributed by atoms with Crippen molar-refractivity contribution in [2.45, 2.75) is 6.42 Å². The molecule has 0 radical (unpaired) electrons. The summed E-state index contributed by atoms with van der Waals surface area (Å²) in [5.74, 6) is -1.24. The maximum atomic E-state index is 13.8. The van der Waals surface area contributed by atoms with Crippen molar-refractivity contribution in [1.29, 1.82) is 0 Å². The molecule has 1 heterocycles. The zero-order valence-electron chi connectivity index (χ0n) is 10.1. The second kappa shape index (κ2) is 3.53. The van der Waals surface area contributed by atoms with E-state index in [1.165, 1.54) is 12.1 Å². The van der Waals surface area contributed by atoms with E-state index < -0.39 is 5.82 Å². The molecule has 0 aromatic heterocycles. The number of allylic oxidation sites excluding steroid dienone is 2. The maximum absolute atomic E-state index is 13.8. The predicted octanol–water partition coefficient (Wildman–Crippen LogP) is 2.14. The molecule has 19 heavy (non-hydrogen) atoms. The first-order valence-electron chi connectivity index (χ1n) is 6.49. The normalized spacial score (nSPS) is 35.3. The summed E-state index contributed by atoms with van der Waals surface area (Å²) in [4.78, 5) is 25.9. The lowest BCUT2D eigenvalue weighted by molar-refractivity contribution is -0.123. The highest BCUT2D eigenvalue weighted by Crippen LogP contribution is 2.53. The van der Waals surface area contributed by atoms with Gasteiger partial charge in [0.15, 0.2) is 0 Å². The SMILES string of the molecule is O=C1[C@@H]2[C@H](C(=O)N1c1ccccc1F)[C@H]1C=C[C@H]2C1. The standard InChI is InChI=1S/C15H12FNO2/c16-10-3-1-2-4-11(10)17-14(18)12-8-5-6-9(7-8)13(12)15(17)19/h1-6,8-9,12-13H,7H2/t8-,9-,12-,13+/m0/s1. The molecular formula is C15H12FNO2. The van der Waals surface area contributed by atoms with Crippen molar-refractivity contribution in [1.82, 2.24) is 0 Å². The van der Waals surface area contributed by atoms with Crippen molar-refractivity contribution in [3.8, 4) is 0 Å². The zero-order valence-corrected chi connectivity index (χ0v) is 10.1. The van der Waals surface area contributed by atoms with Crippen molar-refractivity contribution in [3.63, 3.8) is 0 Å². The minimum Gasteiger partial charge on any atom is -0.274 e. The zero-order chi connectivity index (χ0) is 13.1. The summed E-state index contributed by atoms with van der Waals surface area (Å²) in [6, 6.07) is 5.95. The lowest BCUT2D eigenvalue weighted by Gasteiger charge is -2.17. The number of carbonyl (C=O) groups excluding carboxylic acids is 2. The Balaban J connectivity index is 1.79. The summed E-state index contributed by atoms with van der Waals surface area (Å²) in [7, 11) is 0. The number of fused-ring (bicyclic) bond motifs is 5. The Labute approximate surface area is 109 Å². The number of para-hydroxylation sites is 1. The van der Waals surface area contributed by atoms with Crippen LogP contribution in [0, 0.1) is 29.5 Å². The second-order valence-corrected chi connectivity index (χ2v) is 5.46. The van der Waals surface area contributed by atoms with Gasteiger partial charge in [-0.2, -0.15) is 0 Å². The average molecular weight is 257 g/mol. The molecule has 4 rings (SSSR count). The van der Waals surface area contributed by atoms with Crippen LogP contribution in [0.15, 0.2) is 36.4 Å². The van der Waals surface area contributed by atoms with Crippen LogP contribution in [-0.2, 0) is 9.59 Å². The van der Waals surface area contributed by atoms with Crippen LogP contribution in [0.2, 0.25) is 0 Å². The number of imide groups is 1. The molecular weight excluding hydrogens is 245 g/mol. The monoisotopic (exact) mass is 257 g/mol. The molecule has 0 unspecified atom stereocenters. The highest BCUT2D eigenvalue weighted by molar-refractivity contribution is 6.22. The van der Waals surface area contributed by atoms with Crippen LogP contribution in [0.1, 0.15) is 6.42 Å². The highest BCUT2D eigenvalue weighted by Gasteiger charge is 2.59. The average Bonchev–Trinajstić information content (AvgIpc) is 3.06. The molecule has 0 N–H and O–H groups in total. The van der Waals surface area contributed by atoms with Gasteiger partial charge in [0, 0.05) is 0 Å². The number of hydrogen-bond acceptors (Lipinski definition) is 2. The summed E-state index contributed by atoms with van der Waals surface area (Å²) in [5.41, 5.74) is 0.0892. The van der Waals surface area contributed by atoms with Gasteiger partial charge in [0.05, 0.1) is 17.5 Å². The van der Waals surface area contributed by atoms with E-state index in [4.69, 9.17) is 0 Å². The Kier molecular flexibility index (Phi) is 2.03. The van der Waals surface area contributed by atoms with Crippen LogP contribution in [0.25, 0.3) is 0 Å². The maximum Gasteiger partial charge on any atom is 0.238 e. The number of carbonyl (C=O) groups is 2. The fourth-order valence-corrected chi connectivity index (χ4v) is 3.77. The van der Waals surface area contributed by atoms with Gasteiger partial charge in [0.25, 0.3) is 0 Å². The first-order valence-corrected chi connectivity index (χ1v) is 6.49. The minimum absolute atomic E-state index is 0.0892. The van der Waals surface area contributed by atoms with Crippen LogP contribution < -0.4 is 4.90 Å². The molecule has 1 aliphatic heterocycles. The van der Waals surface area contributed by atoms with Crippen molar-refractivity contribution < 1.29 is 14.0 Å². The Morgan fingerprint density at radius 2 is 1.58 bits per heavy atom. The van der Waals surface area contributed by atoms with Gasteiger partial charge in [0.1, 0.15) is 5.82 Å². The molecule has 0 spiro atoms. The van der Waals surface area contributed by atoms with Gasteiger partial charge in [0.2, 0.25) is 11.8 Å². The third-order valence-corrected chi connectivity index (χ3v) is 4.56. The van der Waals surface area contributed by atoms with E-state index in [9.17, 15) is 14.0 Å². The smallest absolute Gasteiger partial charge is 0.238 e. The van der Waals surface area contributed by atoms with E-state index in [-0.39, 0.29) is 41.2 Å². The highest BCUT2D eigenvalue weighted by atomic mass is 19.1. The fraction of sp³-hybridized carbons (Fsp3) is 0.333. The molecule has 4 heteroatoms. The molecule has 2 fully saturated rings. The second-order valence-electron chi connectivity index (χ2n) is 5.46. The van der Waals surface area contributed by atoms with Crippen LogP contribution in [0.4, 0.5) is 10.1 Å². The summed E-state index contributed by atoms with van der Waals surface area (Å²) in [5, 5.41) is 0. The largest absolute Gasteiger partial charge is 0.274 e. The Morgan fingerprint density at radius 1 is 1.00 bits per heavy atom. The van der Waals surface area contributed by atoms with Gasteiger partial charge in [-0.25, -0.2) is 9.29 Å². The minimum atomic E-state index is -0.524. The van der Waals surface area contributed by atoms with Crippen molar-refractivity contribution in [3.05, 3.63) is 42.2 Å². The lowest BCUT2D eigenvalue weighted by Crippen LogP contribution is -2.33. The van der Waals surface area contributed by atoms with E-state index in [0.29, 0.717) is 0 Å². The third kappa shape index (κ3) is 1.26. The van der Waals surface area contributed by atoms with Crippen LogP contribution in [0.5, 0.6) is 0 Å². The predicted molar refractivity (Wildman–Crippen MR) is 66.6 cm³/mol. The summed E-state index contributed by atoms with van der Waals surface area (Å²) < 4.78 is 13.8.